The summed E-state index contributed by atoms with van der Waals surface area (Å²) < 4.78 is 7.44. The Morgan fingerprint density at radius 2 is 1.85 bits per heavy atom. The SMILES string of the molecule is COC1CCC(C(=O)Nc2cc3cc(-c4cnn(C)c4CN4CCCCC4)ccc3cn2)CC1. The van der Waals surface area contributed by atoms with Crippen LogP contribution in [0.15, 0.2) is 36.7 Å². The van der Waals surface area contributed by atoms with Crippen LogP contribution in [0.4, 0.5) is 5.82 Å². The molecule has 1 saturated heterocycles. The number of amides is 1. The Morgan fingerprint density at radius 3 is 2.62 bits per heavy atom. The molecule has 0 bridgehead atoms. The fourth-order valence-electron chi connectivity index (χ4n) is 5.39. The lowest BCUT2D eigenvalue weighted by atomic mass is 9.87. The zero-order valence-electron chi connectivity index (χ0n) is 20.3. The summed E-state index contributed by atoms with van der Waals surface area (Å²) in [5.74, 6) is 0.708. The minimum Gasteiger partial charge on any atom is -0.381 e. The summed E-state index contributed by atoms with van der Waals surface area (Å²) in [6, 6.07) is 8.42. The van der Waals surface area contributed by atoms with Crippen LogP contribution in [0, 0.1) is 5.92 Å². The normalized spacial score (nSPS) is 21.6. The van der Waals surface area contributed by atoms with Crippen LogP contribution in [-0.2, 0) is 23.1 Å². The van der Waals surface area contributed by atoms with Crippen molar-refractivity contribution >= 4 is 22.5 Å². The number of pyridine rings is 1. The molecule has 0 atom stereocenters. The van der Waals surface area contributed by atoms with Gasteiger partial charge in [-0.05, 0) is 74.7 Å². The summed E-state index contributed by atoms with van der Waals surface area (Å²) in [4.78, 5) is 19.8. The largest absolute Gasteiger partial charge is 0.381 e. The second kappa shape index (κ2) is 10.2. The Bertz CT molecular complexity index is 1140. The molecule has 5 rings (SSSR count). The second-order valence-corrected chi connectivity index (χ2v) is 9.80. The highest BCUT2D eigenvalue weighted by Crippen LogP contribution is 2.30. The van der Waals surface area contributed by atoms with Crippen LogP contribution in [0.3, 0.4) is 0 Å². The van der Waals surface area contributed by atoms with E-state index in [1.54, 1.807) is 7.11 Å². The zero-order chi connectivity index (χ0) is 23.5. The molecule has 1 aromatic carbocycles. The van der Waals surface area contributed by atoms with E-state index < -0.39 is 0 Å². The number of rotatable bonds is 6. The second-order valence-electron chi connectivity index (χ2n) is 9.80. The first-order valence-electron chi connectivity index (χ1n) is 12.6. The third-order valence-electron chi connectivity index (χ3n) is 7.55. The Kier molecular flexibility index (Phi) is 6.92. The van der Waals surface area contributed by atoms with Gasteiger partial charge in [-0.25, -0.2) is 4.98 Å². The number of hydrogen-bond donors (Lipinski definition) is 1. The number of piperidine rings is 1. The number of nitrogens with one attached hydrogen (secondary N) is 1. The molecule has 3 heterocycles. The number of nitrogens with zero attached hydrogens (tertiary/aromatic N) is 4. The number of benzene rings is 1. The molecule has 0 radical (unpaired) electrons. The van der Waals surface area contributed by atoms with Crippen LogP contribution in [-0.4, -0.2) is 51.9 Å². The van der Waals surface area contributed by atoms with Crippen molar-refractivity contribution in [1.82, 2.24) is 19.7 Å². The van der Waals surface area contributed by atoms with E-state index >= 15 is 0 Å². The molecule has 1 aliphatic heterocycles. The molecule has 2 aromatic heterocycles. The molecule has 2 aliphatic rings. The lowest BCUT2D eigenvalue weighted by Crippen LogP contribution is -2.30. The fourth-order valence-corrected chi connectivity index (χ4v) is 5.39. The number of carbonyl (C=O) groups excluding carboxylic acids is 1. The van der Waals surface area contributed by atoms with E-state index in [1.165, 1.54) is 30.5 Å². The minimum absolute atomic E-state index is 0.0305. The Morgan fingerprint density at radius 1 is 1.06 bits per heavy atom. The molecule has 1 N–H and O–H groups in total. The van der Waals surface area contributed by atoms with Crippen molar-refractivity contribution in [3.63, 3.8) is 0 Å². The van der Waals surface area contributed by atoms with E-state index in [-0.39, 0.29) is 17.9 Å². The van der Waals surface area contributed by atoms with E-state index in [0.29, 0.717) is 5.82 Å². The van der Waals surface area contributed by atoms with Gasteiger partial charge in [0.05, 0.1) is 18.0 Å². The van der Waals surface area contributed by atoms with Crippen molar-refractivity contribution in [3.8, 4) is 11.1 Å². The van der Waals surface area contributed by atoms with Crippen LogP contribution in [0.5, 0.6) is 0 Å². The van der Waals surface area contributed by atoms with Gasteiger partial charge in [-0.3, -0.25) is 14.4 Å². The van der Waals surface area contributed by atoms with E-state index in [1.807, 2.05) is 30.2 Å². The van der Waals surface area contributed by atoms with Crippen molar-refractivity contribution in [1.29, 1.82) is 0 Å². The standard InChI is InChI=1S/C27H35N5O2/c1-31-25(18-32-12-4-3-5-13-32)24(17-29-31)20-6-7-21-16-28-26(15-22(21)14-20)30-27(33)19-8-10-23(34-2)11-9-19/h6-7,14-17,19,23H,3-5,8-13,18H2,1-2H3,(H,28,30,33). The Labute approximate surface area is 201 Å². The van der Waals surface area contributed by atoms with E-state index in [2.05, 4.69) is 38.5 Å². The van der Waals surface area contributed by atoms with Gasteiger partial charge in [0.1, 0.15) is 5.82 Å². The highest BCUT2D eigenvalue weighted by atomic mass is 16.5. The highest BCUT2D eigenvalue weighted by molar-refractivity contribution is 5.95. The highest BCUT2D eigenvalue weighted by Gasteiger charge is 2.26. The van der Waals surface area contributed by atoms with Crippen molar-refractivity contribution in [2.75, 3.05) is 25.5 Å². The molecule has 34 heavy (non-hydrogen) atoms. The van der Waals surface area contributed by atoms with Gasteiger partial charge in [0, 0.05) is 43.8 Å². The number of hydrogen-bond acceptors (Lipinski definition) is 5. The van der Waals surface area contributed by atoms with Gasteiger partial charge in [0.15, 0.2) is 0 Å². The molecule has 180 valence electrons. The Balaban J connectivity index is 1.34. The summed E-state index contributed by atoms with van der Waals surface area (Å²) in [7, 11) is 3.78. The number of aryl methyl sites for hydroxylation is 1. The molecule has 1 aliphatic carbocycles. The van der Waals surface area contributed by atoms with Gasteiger partial charge in [-0.2, -0.15) is 5.10 Å². The predicted molar refractivity (Wildman–Crippen MR) is 134 cm³/mol. The third kappa shape index (κ3) is 5.00. The first-order chi connectivity index (χ1) is 16.6. The van der Waals surface area contributed by atoms with Gasteiger partial charge in [-0.1, -0.05) is 18.6 Å². The predicted octanol–water partition coefficient (Wildman–Crippen LogP) is 4.76. The van der Waals surface area contributed by atoms with Gasteiger partial charge in [-0.15, -0.1) is 0 Å². The molecule has 7 nitrogen and oxygen atoms in total. The lowest BCUT2D eigenvalue weighted by molar-refractivity contribution is -0.121. The van der Waals surface area contributed by atoms with Crippen LogP contribution in [0.25, 0.3) is 21.9 Å². The van der Waals surface area contributed by atoms with E-state index in [9.17, 15) is 4.79 Å². The van der Waals surface area contributed by atoms with Crippen LogP contribution >= 0.6 is 0 Å². The maximum absolute atomic E-state index is 12.8. The number of methoxy groups -OCH3 is 1. The van der Waals surface area contributed by atoms with Crippen LogP contribution < -0.4 is 5.32 Å². The molecule has 3 aromatic rings. The number of aromatic nitrogens is 3. The number of ether oxygens (including phenoxy) is 1. The molecule has 2 fully saturated rings. The minimum atomic E-state index is 0.0305. The lowest BCUT2D eigenvalue weighted by Gasteiger charge is -2.26. The van der Waals surface area contributed by atoms with Crippen molar-refractivity contribution in [2.24, 2.45) is 13.0 Å². The molecular weight excluding hydrogens is 426 g/mol. The maximum Gasteiger partial charge on any atom is 0.228 e. The maximum atomic E-state index is 12.8. The van der Waals surface area contributed by atoms with Gasteiger partial charge in [0.2, 0.25) is 5.91 Å². The average Bonchev–Trinajstić information content (AvgIpc) is 3.24. The van der Waals surface area contributed by atoms with E-state index in [0.717, 1.165) is 61.7 Å². The summed E-state index contributed by atoms with van der Waals surface area (Å²) in [5, 5.41) is 9.75. The molecule has 7 heteroatoms. The topological polar surface area (TPSA) is 72.3 Å². The first kappa shape index (κ1) is 23.0. The van der Waals surface area contributed by atoms with E-state index in [4.69, 9.17) is 4.74 Å². The van der Waals surface area contributed by atoms with Gasteiger partial charge in [0.25, 0.3) is 0 Å². The summed E-state index contributed by atoms with van der Waals surface area (Å²) in [6.45, 7) is 3.24. The number of anilines is 1. The van der Waals surface area contributed by atoms with Crippen LogP contribution in [0.2, 0.25) is 0 Å². The fraction of sp³-hybridized carbons (Fsp3) is 0.519. The molecular formula is C27H35N5O2. The van der Waals surface area contributed by atoms with Crippen molar-refractivity contribution < 1.29 is 9.53 Å². The molecule has 1 saturated carbocycles. The molecule has 0 unspecified atom stereocenters. The van der Waals surface area contributed by atoms with Crippen molar-refractivity contribution in [2.45, 2.75) is 57.6 Å². The first-order valence-corrected chi connectivity index (χ1v) is 12.6. The number of carbonyl (C=O) groups is 1. The quantitative estimate of drug-likeness (QED) is 0.573. The molecule has 0 spiro atoms. The average molecular weight is 462 g/mol. The number of likely N-dealkylation sites (tertiary alicyclic amines) is 1. The van der Waals surface area contributed by atoms with Crippen molar-refractivity contribution in [3.05, 3.63) is 42.4 Å². The van der Waals surface area contributed by atoms with Gasteiger partial charge < -0.3 is 10.1 Å². The van der Waals surface area contributed by atoms with Gasteiger partial charge >= 0.3 is 0 Å². The molecule has 1 amide bonds. The smallest absolute Gasteiger partial charge is 0.228 e. The summed E-state index contributed by atoms with van der Waals surface area (Å²) in [5.41, 5.74) is 3.57. The Hall–Kier alpha value is -2.77. The zero-order valence-corrected chi connectivity index (χ0v) is 20.3. The third-order valence-corrected chi connectivity index (χ3v) is 7.55. The van der Waals surface area contributed by atoms with Crippen LogP contribution in [0.1, 0.15) is 50.6 Å². The summed E-state index contributed by atoms with van der Waals surface area (Å²) in [6.07, 6.45) is 11.6. The summed E-state index contributed by atoms with van der Waals surface area (Å²) >= 11 is 0. The number of fused-ring (bicyclic) bond motifs is 1. The monoisotopic (exact) mass is 461 g/mol.